The molecule has 0 saturated heterocycles. The summed E-state index contributed by atoms with van der Waals surface area (Å²) in [7, 11) is 0. The molecule has 0 aromatic rings. The van der Waals surface area contributed by atoms with Crippen LogP contribution in [-0.2, 0) is 4.74 Å². The highest BCUT2D eigenvalue weighted by Crippen LogP contribution is 2.46. The number of rotatable bonds is 3. The van der Waals surface area contributed by atoms with E-state index in [0.717, 1.165) is 48.0 Å². The molecule has 1 atom stereocenters. The van der Waals surface area contributed by atoms with E-state index in [-0.39, 0.29) is 0 Å². The Bertz CT molecular complexity index is 457. The van der Waals surface area contributed by atoms with E-state index in [1.807, 2.05) is 0 Å². The van der Waals surface area contributed by atoms with E-state index in [9.17, 15) is 0 Å². The fourth-order valence-electron chi connectivity index (χ4n) is 6.69. The van der Waals surface area contributed by atoms with Gasteiger partial charge < -0.3 is 4.74 Å². The smallest absolute Gasteiger partial charge is 0.0951 e. The van der Waals surface area contributed by atoms with Crippen molar-refractivity contribution in [3.8, 4) is 0 Å². The fourth-order valence-corrected chi connectivity index (χ4v) is 6.69. The fraction of sp³-hybridized carbons (Fsp3) is 0.920. The van der Waals surface area contributed by atoms with Crippen molar-refractivity contribution in [2.45, 2.75) is 97.3 Å². The van der Waals surface area contributed by atoms with Gasteiger partial charge in [0.05, 0.1) is 12.4 Å². The second-order valence-electron chi connectivity index (χ2n) is 10.6. The molecule has 1 aliphatic heterocycles. The minimum absolute atomic E-state index is 0.720. The largest absolute Gasteiger partial charge is 0.498 e. The molecule has 26 heavy (non-hydrogen) atoms. The van der Waals surface area contributed by atoms with Crippen LogP contribution in [0.3, 0.4) is 0 Å². The Morgan fingerprint density at radius 1 is 0.615 bits per heavy atom. The van der Waals surface area contributed by atoms with Crippen molar-refractivity contribution in [1.82, 2.24) is 0 Å². The molecule has 0 radical (unpaired) electrons. The lowest BCUT2D eigenvalue weighted by Crippen LogP contribution is -2.30. The highest BCUT2D eigenvalue weighted by Gasteiger charge is 2.35. The van der Waals surface area contributed by atoms with Crippen LogP contribution >= 0.6 is 0 Å². The Labute approximate surface area is 162 Å². The van der Waals surface area contributed by atoms with Crippen molar-refractivity contribution in [2.75, 3.05) is 6.61 Å². The van der Waals surface area contributed by atoms with Gasteiger partial charge in [-0.15, -0.1) is 0 Å². The molecule has 0 amide bonds. The molecule has 3 saturated carbocycles. The molecule has 0 aromatic carbocycles. The van der Waals surface area contributed by atoms with Gasteiger partial charge in [-0.1, -0.05) is 26.7 Å². The maximum Gasteiger partial charge on any atom is 0.0951 e. The number of ether oxygens (including phenoxy) is 1. The second kappa shape index (κ2) is 8.70. The van der Waals surface area contributed by atoms with Crippen LogP contribution in [0, 0.1) is 41.4 Å². The van der Waals surface area contributed by atoms with Gasteiger partial charge in [0.1, 0.15) is 0 Å². The average Bonchev–Trinajstić information content (AvgIpc) is 2.70. The summed E-state index contributed by atoms with van der Waals surface area (Å²) in [6.07, 6.45) is 21.7. The molecule has 148 valence electrons. The second-order valence-corrected chi connectivity index (χ2v) is 10.6. The third-order valence-electron chi connectivity index (χ3n) is 8.64. The van der Waals surface area contributed by atoms with Gasteiger partial charge >= 0.3 is 0 Å². The summed E-state index contributed by atoms with van der Waals surface area (Å²) in [6.45, 7) is 5.71. The van der Waals surface area contributed by atoms with Gasteiger partial charge in [0.25, 0.3) is 0 Å². The van der Waals surface area contributed by atoms with E-state index in [4.69, 9.17) is 4.74 Å². The lowest BCUT2D eigenvalue weighted by atomic mass is 9.65. The van der Waals surface area contributed by atoms with Gasteiger partial charge in [-0.05, 0) is 112 Å². The van der Waals surface area contributed by atoms with Gasteiger partial charge in [0, 0.05) is 5.92 Å². The van der Waals surface area contributed by atoms with Crippen LogP contribution in [0.2, 0.25) is 0 Å². The topological polar surface area (TPSA) is 9.23 Å². The summed E-state index contributed by atoms with van der Waals surface area (Å²) >= 11 is 0. The van der Waals surface area contributed by atoms with Crippen LogP contribution in [0.1, 0.15) is 97.3 Å². The summed E-state index contributed by atoms with van der Waals surface area (Å²) < 4.78 is 6.06. The monoisotopic (exact) mass is 358 g/mol. The maximum atomic E-state index is 6.06. The lowest BCUT2D eigenvalue weighted by Gasteiger charge is -2.41. The molecule has 0 spiro atoms. The predicted molar refractivity (Wildman–Crippen MR) is 110 cm³/mol. The third kappa shape index (κ3) is 4.50. The van der Waals surface area contributed by atoms with Gasteiger partial charge in [-0.2, -0.15) is 0 Å². The minimum Gasteiger partial charge on any atom is -0.498 e. The van der Waals surface area contributed by atoms with E-state index >= 15 is 0 Å². The van der Waals surface area contributed by atoms with Gasteiger partial charge in [0.2, 0.25) is 0 Å². The van der Waals surface area contributed by atoms with Crippen molar-refractivity contribution in [3.05, 3.63) is 11.8 Å². The zero-order chi connectivity index (χ0) is 17.9. The SMILES string of the molecule is CC1CCC(C2CCC(C3CCC(C4=CCC(C)CO4)CC3)CC2)CC1. The van der Waals surface area contributed by atoms with Crippen molar-refractivity contribution < 1.29 is 4.74 Å². The molecule has 4 aliphatic rings. The molecular weight excluding hydrogens is 316 g/mol. The first-order chi connectivity index (χ1) is 12.7. The summed E-state index contributed by atoms with van der Waals surface area (Å²) in [5.74, 6) is 8.08. The Balaban J connectivity index is 1.20. The van der Waals surface area contributed by atoms with Crippen molar-refractivity contribution in [2.24, 2.45) is 41.4 Å². The molecule has 1 unspecified atom stereocenters. The average molecular weight is 359 g/mol. The van der Waals surface area contributed by atoms with Gasteiger partial charge in [0.15, 0.2) is 0 Å². The molecular formula is C25H42O. The minimum atomic E-state index is 0.720. The van der Waals surface area contributed by atoms with Crippen molar-refractivity contribution in [3.63, 3.8) is 0 Å². The number of hydrogen-bond acceptors (Lipinski definition) is 1. The molecule has 1 nitrogen and oxygen atoms in total. The van der Waals surface area contributed by atoms with Crippen LogP contribution in [0.4, 0.5) is 0 Å². The Hall–Kier alpha value is -0.460. The molecule has 3 fully saturated rings. The van der Waals surface area contributed by atoms with Crippen molar-refractivity contribution >= 4 is 0 Å². The van der Waals surface area contributed by atoms with Gasteiger partial charge in [-0.25, -0.2) is 0 Å². The predicted octanol–water partition coefficient (Wildman–Crippen LogP) is 7.37. The summed E-state index contributed by atoms with van der Waals surface area (Å²) in [4.78, 5) is 0. The lowest BCUT2D eigenvalue weighted by molar-refractivity contribution is 0.0840. The number of allylic oxidation sites excluding steroid dienone is 2. The van der Waals surface area contributed by atoms with Crippen LogP contribution in [-0.4, -0.2) is 6.61 Å². The molecule has 4 rings (SSSR count). The zero-order valence-corrected chi connectivity index (χ0v) is 17.4. The number of hydrogen-bond donors (Lipinski definition) is 0. The Kier molecular flexibility index (Phi) is 6.32. The normalized spacial score (nSPS) is 44.8. The molecule has 1 heterocycles. The van der Waals surface area contributed by atoms with E-state index in [1.54, 1.807) is 25.7 Å². The Morgan fingerprint density at radius 3 is 1.54 bits per heavy atom. The molecule has 0 aromatic heterocycles. The standard InChI is InChI=1S/C25H42O/c1-18-3-6-20(7-4-18)21-8-10-22(11-9-21)23-12-14-24(15-13-23)25-16-5-19(2)17-26-25/h16,18-24H,3-15,17H2,1-2H3. The van der Waals surface area contributed by atoms with E-state index in [0.29, 0.717) is 0 Å². The third-order valence-corrected chi connectivity index (χ3v) is 8.64. The Morgan fingerprint density at radius 2 is 1.08 bits per heavy atom. The first-order valence-corrected chi connectivity index (χ1v) is 12.0. The van der Waals surface area contributed by atoms with Crippen LogP contribution in [0.15, 0.2) is 11.8 Å². The van der Waals surface area contributed by atoms with Crippen molar-refractivity contribution in [1.29, 1.82) is 0 Å². The first kappa shape index (κ1) is 18.9. The highest BCUT2D eigenvalue weighted by atomic mass is 16.5. The maximum absolute atomic E-state index is 6.06. The molecule has 3 aliphatic carbocycles. The first-order valence-electron chi connectivity index (χ1n) is 12.0. The van der Waals surface area contributed by atoms with Crippen LogP contribution < -0.4 is 0 Å². The summed E-state index contributed by atoms with van der Waals surface area (Å²) in [5.41, 5.74) is 0. The van der Waals surface area contributed by atoms with E-state index < -0.39 is 0 Å². The van der Waals surface area contributed by atoms with E-state index in [2.05, 4.69) is 19.9 Å². The quantitative estimate of drug-likeness (QED) is 0.512. The summed E-state index contributed by atoms with van der Waals surface area (Å²) in [5, 5.41) is 0. The van der Waals surface area contributed by atoms with Crippen LogP contribution in [0.25, 0.3) is 0 Å². The molecule has 0 N–H and O–H groups in total. The highest BCUT2D eigenvalue weighted by molar-refractivity contribution is 5.04. The van der Waals surface area contributed by atoms with E-state index in [1.165, 1.54) is 63.5 Å². The summed E-state index contributed by atoms with van der Waals surface area (Å²) in [6, 6.07) is 0. The molecule has 1 heteroatoms. The zero-order valence-electron chi connectivity index (χ0n) is 17.4. The van der Waals surface area contributed by atoms with Crippen LogP contribution in [0.5, 0.6) is 0 Å². The van der Waals surface area contributed by atoms with Gasteiger partial charge in [-0.3, -0.25) is 0 Å². The molecule has 0 bridgehead atoms.